The van der Waals surface area contributed by atoms with Crippen LogP contribution in [-0.2, 0) is 11.2 Å². The van der Waals surface area contributed by atoms with Gasteiger partial charge in [0.05, 0.1) is 7.11 Å². The molecule has 2 aromatic rings. The molecule has 0 N–H and O–H groups in total. The van der Waals surface area contributed by atoms with Crippen molar-refractivity contribution in [2.75, 3.05) is 7.11 Å². The zero-order valence-corrected chi connectivity index (χ0v) is 10.2. The van der Waals surface area contributed by atoms with Gasteiger partial charge in [-0.25, -0.2) is 4.79 Å². The van der Waals surface area contributed by atoms with Crippen LogP contribution in [0.15, 0.2) is 53.5 Å². The first kappa shape index (κ1) is 12.2. The number of esters is 1. The molecule has 0 bridgehead atoms. The zero-order valence-electron chi connectivity index (χ0n) is 10.2. The Morgan fingerprint density at radius 2 is 2.11 bits per heavy atom. The SMILES string of the molecule is C=CCc1oc(-c2ccccc2)cc1C(=O)OC. The Morgan fingerprint density at radius 3 is 2.72 bits per heavy atom. The number of rotatable bonds is 4. The molecule has 1 aromatic heterocycles. The van der Waals surface area contributed by atoms with Gasteiger partial charge in [-0.05, 0) is 6.07 Å². The first-order valence-corrected chi connectivity index (χ1v) is 5.63. The van der Waals surface area contributed by atoms with Gasteiger partial charge in [0.15, 0.2) is 0 Å². The second-order valence-corrected chi connectivity index (χ2v) is 3.80. The molecule has 0 amide bonds. The molecular weight excluding hydrogens is 228 g/mol. The van der Waals surface area contributed by atoms with Crippen LogP contribution in [0, 0.1) is 0 Å². The fourth-order valence-electron chi connectivity index (χ4n) is 1.74. The van der Waals surface area contributed by atoms with E-state index >= 15 is 0 Å². The molecule has 0 aliphatic rings. The smallest absolute Gasteiger partial charge is 0.341 e. The van der Waals surface area contributed by atoms with Gasteiger partial charge in [-0.15, -0.1) is 6.58 Å². The fraction of sp³-hybridized carbons (Fsp3) is 0.133. The summed E-state index contributed by atoms with van der Waals surface area (Å²) in [6, 6.07) is 11.3. The standard InChI is InChI=1S/C15H14O3/c1-3-7-13-12(15(16)17-2)10-14(18-13)11-8-5-4-6-9-11/h3-6,8-10H,1,7H2,2H3. The monoisotopic (exact) mass is 242 g/mol. The minimum Gasteiger partial charge on any atom is -0.465 e. The molecule has 0 aliphatic heterocycles. The number of carbonyl (C=O) groups is 1. The molecule has 0 aliphatic carbocycles. The highest BCUT2D eigenvalue weighted by atomic mass is 16.5. The van der Waals surface area contributed by atoms with Gasteiger partial charge in [-0.3, -0.25) is 0 Å². The van der Waals surface area contributed by atoms with Crippen LogP contribution in [0.2, 0.25) is 0 Å². The third kappa shape index (κ3) is 2.35. The lowest BCUT2D eigenvalue weighted by Crippen LogP contribution is -2.02. The summed E-state index contributed by atoms with van der Waals surface area (Å²) in [6.07, 6.45) is 2.19. The maximum Gasteiger partial charge on any atom is 0.341 e. The summed E-state index contributed by atoms with van der Waals surface area (Å²) in [5.74, 6) is 0.848. The second kappa shape index (κ2) is 5.36. The van der Waals surface area contributed by atoms with Gasteiger partial charge < -0.3 is 9.15 Å². The van der Waals surface area contributed by atoms with Gasteiger partial charge in [-0.1, -0.05) is 36.4 Å². The van der Waals surface area contributed by atoms with Gasteiger partial charge in [0.25, 0.3) is 0 Å². The minimum absolute atomic E-state index is 0.391. The summed E-state index contributed by atoms with van der Waals surface area (Å²) in [4.78, 5) is 11.6. The number of carbonyl (C=O) groups excluding carboxylic acids is 1. The summed E-state index contributed by atoms with van der Waals surface area (Å²) >= 11 is 0. The van der Waals surface area contributed by atoms with Crippen molar-refractivity contribution in [2.24, 2.45) is 0 Å². The molecule has 0 saturated heterocycles. The number of hydrogen-bond donors (Lipinski definition) is 0. The molecule has 0 fully saturated rings. The highest BCUT2D eigenvalue weighted by Gasteiger charge is 2.18. The van der Waals surface area contributed by atoms with Crippen LogP contribution in [-0.4, -0.2) is 13.1 Å². The lowest BCUT2D eigenvalue weighted by Gasteiger charge is -1.96. The Kier molecular flexibility index (Phi) is 3.63. The van der Waals surface area contributed by atoms with Crippen molar-refractivity contribution in [1.29, 1.82) is 0 Å². The quantitative estimate of drug-likeness (QED) is 0.608. The van der Waals surface area contributed by atoms with E-state index in [0.29, 0.717) is 23.5 Å². The molecule has 0 radical (unpaired) electrons. The maximum atomic E-state index is 11.6. The van der Waals surface area contributed by atoms with Crippen molar-refractivity contribution in [1.82, 2.24) is 0 Å². The average Bonchev–Trinajstić information content (AvgIpc) is 2.83. The molecule has 1 aromatic carbocycles. The van der Waals surface area contributed by atoms with E-state index < -0.39 is 5.97 Å². The summed E-state index contributed by atoms with van der Waals surface area (Å²) in [6.45, 7) is 3.65. The van der Waals surface area contributed by atoms with Crippen LogP contribution < -0.4 is 0 Å². The number of benzene rings is 1. The molecular formula is C15H14O3. The van der Waals surface area contributed by atoms with Crippen molar-refractivity contribution in [3.8, 4) is 11.3 Å². The van der Waals surface area contributed by atoms with Crippen LogP contribution in [0.25, 0.3) is 11.3 Å². The van der Waals surface area contributed by atoms with Crippen LogP contribution in [0.5, 0.6) is 0 Å². The van der Waals surface area contributed by atoms with Gasteiger partial charge in [-0.2, -0.15) is 0 Å². The molecule has 2 rings (SSSR count). The minimum atomic E-state index is -0.391. The third-order valence-corrected chi connectivity index (χ3v) is 2.60. The highest BCUT2D eigenvalue weighted by Crippen LogP contribution is 2.26. The van der Waals surface area contributed by atoms with Crippen molar-refractivity contribution < 1.29 is 13.9 Å². The highest BCUT2D eigenvalue weighted by molar-refractivity contribution is 5.92. The number of hydrogen-bond acceptors (Lipinski definition) is 3. The molecule has 0 saturated carbocycles. The van der Waals surface area contributed by atoms with Crippen molar-refractivity contribution >= 4 is 5.97 Å². The van der Waals surface area contributed by atoms with Crippen molar-refractivity contribution in [3.63, 3.8) is 0 Å². The molecule has 1 heterocycles. The van der Waals surface area contributed by atoms with Crippen LogP contribution in [0.3, 0.4) is 0 Å². The Hall–Kier alpha value is -2.29. The number of furan rings is 1. The van der Waals surface area contributed by atoms with E-state index in [0.717, 1.165) is 5.56 Å². The second-order valence-electron chi connectivity index (χ2n) is 3.80. The molecule has 3 heteroatoms. The Morgan fingerprint density at radius 1 is 1.39 bits per heavy atom. The van der Waals surface area contributed by atoms with E-state index in [2.05, 4.69) is 6.58 Å². The van der Waals surface area contributed by atoms with Crippen LogP contribution >= 0.6 is 0 Å². The molecule has 0 unspecified atom stereocenters. The van der Waals surface area contributed by atoms with Gasteiger partial charge in [0, 0.05) is 12.0 Å². The Balaban J connectivity index is 2.45. The first-order valence-electron chi connectivity index (χ1n) is 5.63. The van der Waals surface area contributed by atoms with Gasteiger partial charge >= 0.3 is 5.97 Å². The summed E-state index contributed by atoms with van der Waals surface area (Å²) in [7, 11) is 1.36. The zero-order chi connectivity index (χ0) is 13.0. The predicted octanol–water partition coefficient (Wildman–Crippen LogP) is 3.46. The Bertz CT molecular complexity index is 552. The lowest BCUT2D eigenvalue weighted by atomic mass is 10.1. The van der Waals surface area contributed by atoms with E-state index in [4.69, 9.17) is 9.15 Å². The van der Waals surface area contributed by atoms with E-state index in [-0.39, 0.29) is 0 Å². The van der Waals surface area contributed by atoms with Gasteiger partial charge in [0.1, 0.15) is 17.1 Å². The molecule has 0 atom stereocenters. The third-order valence-electron chi connectivity index (χ3n) is 2.60. The van der Waals surface area contributed by atoms with Crippen molar-refractivity contribution in [2.45, 2.75) is 6.42 Å². The predicted molar refractivity (Wildman–Crippen MR) is 69.4 cm³/mol. The topological polar surface area (TPSA) is 39.4 Å². The largest absolute Gasteiger partial charge is 0.465 e. The molecule has 0 spiro atoms. The maximum absolute atomic E-state index is 11.6. The first-order chi connectivity index (χ1) is 8.76. The summed E-state index contributed by atoms with van der Waals surface area (Å²) in [5.41, 5.74) is 1.38. The summed E-state index contributed by atoms with van der Waals surface area (Å²) < 4.78 is 10.4. The van der Waals surface area contributed by atoms with Crippen LogP contribution in [0.1, 0.15) is 16.1 Å². The number of methoxy groups -OCH3 is 1. The molecule has 18 heavy (non-hydrogen) atoms. The van der Waals surface area contributed by atoms with Gasteiger partial charge in [0.2, 0.25) is 0 Å². The fourth-order valence-corrected chi connectivity index (χ4v) is 1.74. The van der Waals surface area contributed by atoms with E-state index in [1.165, 1.54) is 7.11 Å². The number of ether oxygens (including phenoxy) is 1. The lowest BCUT2D eigenvalue weighted by molar-refractivity contribution is 0.0598. The average molecular weight is 242 g/mol. The van der Waals surface area contributed by atoms with Crippen molar-refractivity contribution in [3.05, 3.63) is 60.4 Å². The van der Waals surface area contributed by atoms with E-state index in [1.54, 1.807) is 12.1 Å². The van der Waals surface area contributed by atoms with E-state index in [9.17, 15) is 4.79 Å². The molecule has 92 valence electrons. The van der Waals surface area contributed by atoms with E-state index in [1.807, 2.05) is 30.3 Å². The molecule has 3 nitrogen and oxygen atoms in total. The Labute approximate surface area is 106 Å². The van der Waals surface area contributed by atoms with Crippen LogP contribution in [0.4, 0.5) is 0 Å². The number of allylic oxidation sites excluding steroid dienone is 1. The normalized spacial score (nSPS) is 10.1. The summed E-state index contributed by atoms with van der Waals surface area (Å²) in [5, 5.41) is 0.